The molecule has 0 amide bonds. The Balaban J connectivity index is 2.47. The second-order valence-corrected chi connectivity index (χ2v) is 5.46. The van der Waals surface area contributed by atoms with Crippen LogP contribution in [0.1, 0.15) is 25.6 Å². The van der Waals surface area contributed by atoms with Crippen molar-refractivity contribution in [1.82, 2.24) is 0 Å². The third kappa shape index (κ3) is 3.15. The molecule has 6 nitrogen and oxygen atoms in total. The van der Waals surface area contributed by atoms with Gasteiger partial charge in [0.15, 0.2) is 11.5 Å². The Morgan fingerprint density at radius 3 is 2.36 bits per heavy atom. The molecular formula is C15H12O6S. The number of ether oxygens (including phenoxy) is 1. The van der Waals surface area contributed by atoms with Gasteiger partial charge in [-0.3, -0.25) is 4.79 Å². The van der Waals surface area contributed by atoms with E-state index in [0.29, 0.717) is 16.0 Å². The Bertz CT molecular complexity index is 729. The summed E-state index contributed by atoms with van der Waals surface area (Å²) in [5, 5.41) is 17.9. The van der Waals surface area contributed by atoms with Crippen LogP contribution in [0.5, 0.6) is 5.75 Å². The molecule has 7 heteroatoms. The van der Waals surface area contributed by atoms with Gasteiger partial charge >= 0.3 is 11.9 Å². The molecule has 2 aromatic rings. The van der Waals surface area contributed by atoms with Gasteiger partial charge in [-0.25, -0.2) is 9.59 Å². The summed E-state index contributed by atoms with van der Waals surface area (Å²) in [5.74, 6) is -2.29. The fraction of sp³-hybridized carbons (Fsp3) is 0.133. The van der Waals surface area contributed by atoms with Gasteiger partial charge in [-0.1, -0.05) is 24.3 Å². The first-order valence-electron chi connectivity index (χ1n) is 6.21. The van der Waals surface area contributed by atoms with Gasteiger partial charge in [0.25, 0.3) is 0 Å². The van der Waals surface area contributed by atoms with Crippen LogP contribution in [-0.4, -0.2) is 35.0 Å². The molecule has 0 aliphatic heterocycles. The quantitative estimate of drug-likeness (QED) is 0.794. The molecule has 1 heterocycles. The molecule has 0 atom stereocenters. The van der Waals surface area contributed by atoms with Crippen LogP contribution >= 0.6 is 11.3 Å². The van der Waals surface area contributed by atoms with E-state index in [1.165, 1.54) is 0 Å². The number of aromatic carboxylic acids is 1. The maximum absolute atomic E-state index is 11.3. The van der Waals surface area contributed by atoms with Crippen LogP contribution < -0.4 is 4.74 Å². The molecule has 0 bridgehead atoms. The smallest absolute Gasteiger partial charge is 0.349 e. The first kappa shape index (κ1) is 15.7. The van der Waals surface area contributed by atoms with Crippen LogP contribution in [0.25, 0.3) is 10.4 Å². The average molecular weight is 320 g/mol. The Hall–Kier alpha value is -2.67. The van der Waals surface area contributed by atoms with Crippen molar-refractivity contribution in [2.45, 2.75) is 6.92 Å². The summed E-state index contributed by atoms with van der Waals surface area (Å²) >= 11 is 1.01. The van der Waals surface area contributed by atoms with Gasteiger partial charge in [0, 0.05) is 16.0 Å². The van der Waals surface area contributed by atoms with Crippen LogP contribution in [0.2, 0.25) is 0 Å². The SMILES string of the molecule is Cc1c(-c2ccc(C=O)cc2)sc(C(=O)O)c1OCC(=O)O. The molecule has 0 saturated carbocycles. The van der Waals surface area contributed by atoms with Gasteiger partial charge in [-0.05, 0) is 12.5 Å². The van der Waals surface area contributed by atoms with Crippen LogP contribution in [-0.2, 0) is 4.79 Å². The molecular weight excluding hydrogens is 308 g/mol. The zero-order chi connectivity index (χ0) is 16.3. The third-order valence-corrected chi connectivity index (χ3v) is 4.24. The number of carboxylic acid groups (broad SMARTS) is 2. The molecule has 114 valence electrons. The molecule has 2 rings (SSSR count). The molecule has 1 aromatic heterocycles. The van der Waals surface area contributed by atoms with E-state index in [4.69, 9.17) is 9.84 Å². The summed E-state index contributed by atoms with van der Waals surface area (Å²) in [6, 6.07) is 6.66. The number of thiophene rings is 1. The number of carboxylic acids is 2. The number of hydrogen-bond acceptors (Lipinski definition) is 5. The number of rotatable bonds is 6. The van der Waals surface area contributed by atoms with Gasteiger partial charge in [-0.15, -0.1) is 11.3 Å². The Morgan fingerprint density at radius 2 is 1.86 bits per heavy atom. The summed E-state index contributed by atoms with van der Waals surface area (Å²) < 4.78 is 5.11. The minimum Gasteiger partial charge on any atom is -0.480 e. The van der Waals surface area contributed by atoms with E-state index < -0.39 is 18.5 Å². The molecule has 0 aliphatic carbocycles. The standard InChI is InChI=1S/C15H12O6S/c1-8-12(21-7-11(17)18)14(15(19)20)22-13(8)10-4-2-9(6-16)3-5-10/h2-6H,7H2,1H3,(H,17,18)(H,19,20). The molecule has 22 heavy (non-hydrogen) atoms. The van der Waals surface area contributed by atoms with Crippen LogP contribution in [0.4, 0.5) is 0 Å². The van der Waals surface area contributed by atoms with Crippen molar-refractivity contribution in [3.05, 3.63) is 40.3 Å². The van der Waals surface area contributed by atoms with Crippen LogP contribution in [0, 0.1) is 6.92 Å². The van der Waals surface area contributed by atoms with Gasteiger partial charge in [0.05, 0.1) is 0 Å². The maximum atomic E-state index is 11.3. The number of aldehydes is 1. The molecule has 0 fully saturated rings. The number of carbonyl (C=O) groups excluding carboxylic acids is 1. The molecule has 0 unspecified atom stereocenters. The van der Waals surface area contributed by atoms with Crippen molar-refractivity contribution in [1.29, 1.82) is 0 Å². The van der Waals surface area contributed by atoms with E-state index >= 15 is 0 Å². The Labute approximate surface area is 129 Å². The van der Waals surface area contributed by atoms with E-state index in [2.05, 4.69) is 0 Å². The van der Waals surface area contributed by atoms with Crippen molar-refractivity contribution in [2.75, 3.05) is 6.61 Å². The fourth-order valence-electron chi connectivity index (χ4n) is 1.94. The highest BCUT2D eigenvalue weighted by molar-refractivity contribution is 7.18. The van der Waals surface area contributed by atoms with Gasteiger partial charge in [0.2, 0.25) is 0 Å². The van der Waals surface area contributed by atoms with E-state index in [1.54, 1.807) is 31.2 Å². The van der Waals surface area contributed by atoms with Crippen molar-refractivity contribution in [3.8, 4) is 16.2 Å². The summed E-state index contributed by atoms with van der Waals surface area (Å²) in [6.45, 7) is 1.06. The number of aliphatic carboxylic acids is 1. The monoisotopic (exact) mass is 320 g/mol. The fourth-order valence-corrected chi connectivity index (χ4v) is 3.03. The van der Waals surface area contributed by atoms with Crippen LogP contribution in [0.3, 0.4) is 0 Å². The summed E-state index contributed by atoms with van der Waals surface area (Å²) in [7, 11) is 0. The molecule has 0 spiro atoms. The first-order valence-corrected chi connectivity index (χ1v) is 7.02. The van der Waals surface area contributed by atoms with Crippen molar-refractivity contribution < 1.29 is 29.3 Å². The molecule has 0 radical (unpaired) electrons. The molecule has 0 saturated heterocycles. The number of hydrogen-bond donors (Lipinski definition) is 2. The number of carbonyl (C=O) groups is 3. The minimum absolute atomic E-state index is 0.0480. The third-order valence-electron chi connectivity index (χ3n) is 2.93. The maximum Gasteiger partial charge on any atom is 0.349 e. The van der Waals surface area contributed by atoms with Gasteiger partial charge in [0.1, 0.15) is 12.0 Å². The highest BCUT2D eigenvalue weighted by Gasteiger charge is 2.23. The van der Waals surface area contributed by atoms with E-state index in [0.717, 1.165) is 23.2 Å². The van der Waals surface area contributed by atoms with Crippen molar-refractivity contribution >= 4 is 29.6 Å². The predicted molar refractivity (Wildman–Crippen MR) is 80.0 cm³/mol. The summed E-state index contributed by atoms with van der Waals surface area (Å²) in [5.41, 5.74) is 1.81. The molecule has 0 aliphatic rings. The van der Waals surface area contributed by atoms with E-state index in [-0.39, 0.29) is 10.6 Å². The molecule has 2 N–H and O–H groups in total. The lowest BCUT2D eigenvalue weighted by molar-refractivity contribution is -0.139. The van der Waals surface area contributed by atoms with Crippen LogP contribution in [0.15, 0.2) is 24.3 Å². The summed E-state index contributed by atoms with van der Waals surface area (Å²) in [4.78, 5) is 33.2. The lowest BCUT2D eigenvalue weighted by Crippen LogP contribution is -2.11. The summed E-state index contributed by atoms with van der Waals surface area (Å²) in [6.07, 6.45) is 0.717. The van der Waals surface area contributed by atoms with E-state index in [1.807, 2.05) is 0 Å². The first-order chi connectivity index (χ1) is 10.4. The lowest BCUT2D eigenvalue weighted by Gasteiger charge is -2.05. The average Bonchev–Trinajstić information content (AvgIpc) is 2.82. The lowest BCUT2D eigenvalue weighted by atomic mass is 10.1. The predicted octanol–water partition coefficient (Wildman–Crippen LogP) is 2.70. The Kier molecular flexibility index (Phi) is 4.57. The largest absolute Gasteiger partial charge is 0.480 e. The van der Waals surface area contributed by atoms with Gasteiger partial charge < -0.3 is 14.9 Å². The highest BCUT2D eigenvalue weighted by atomic mass is 32.1. The zero-order valence-electron chi connectivity index (χ0n) is 11.5. The zero-order valence-corrected chi connectivity index (χ0v) is 12.3. The minimum atomic E-state index is -1.18. The van der Waals surface area contributed by atoms with Crippen molar-refractivity contribution in [2.24, 2.45) is 0 Å². The molecule has 1 aromatic carbocycles. The van der Waals surface area contributed by atoms with Crippen molar-refractivity contribution in [3.63, 3.8) is 0 Å². The second kappa shape index (κ2) is 6.40. The topological polar surface area (TPSA) is 101 Å². The van der Waals surface area contributed by atoms with Gasteiger partial charge in [-0.2, -0.15) is 0 Å². The number of benzene rings is 1. The normalized spacial score (nSPS) is 10.2. The highest BCUT2D eigenvalue weighted by Crippen LogP contribution is 2.41. The van der Waals surface area contributed by atoms with E-state index in [9.17, 15) is 19.5 Å². The Morgan fingerprint density at radius 1 is 1.23 bits per heavy atom. The second-order valence-electron chi connectivity index (χ2n) is 4.44.